The molecule has 1 atom stereocenters. The molecule has 1 aromatic heterocycles. The second-order valence-corrected chi connectivity index (χ2v) is 7.66. The van der Waals surface area contributed by atoms with Crippen molar-refractivity contribution in [1.29, 1.82) is 0 Å². The van der Waals surface area contributed by atoms with Gasteiger partial charge in [-0.1, -0.05) is 57.2 Å². The third kappa shape index (κ3) is 2.63. The lowest BCUT2D eigenvalue weighted by atomic mass is 9.89. The Morgan fingerprint density at radius 3 is 1.76 bits per heavy atom. The molecule has 0 spiro atoms. The maximum absolute atomic E-state index is 10.4. The van der Waals surface area contributed by atoms with Crippen LogP contribution < -0.4 is 0 Å². The van der Waals surface area contributed by atoms with E-state index >= 15 is 0 Å². The highest BCUT2D eigenvalue weighted by Crippen LogP contribution is 2.56. The van der Waals surface area contributed by atoms with Crippen molar-refractivity contribution in [3.63, 3.8) is 0 Å². The summed E-state index contributed by atoms with van der Waals surface area (Å²) >= 11 is 0. The highest BCUT2D eigenvalue weighted by atomic mass is 16.4. The average molecular weight is 394 g/mol. The highest BCUT2D eigenvalue weighted by Gasteiger charge is 2.27. The quantitative estimate of drug-likeness (QED) is 0.230. The van der Waals surface area contributed by atoms with Crippen molar-refractivity contribution in [1.82, 2.24) is 0 Å². The molecule has 3 aromatic carbocycles. The Balaban J connectivity index is 2.10. The summed E-state index contributed by atoms with van der Waals surface area (Å²) in [6.45, 7) is 6.40. The highest BCUT2D eigenvalue weighted by molar-refractivity contribution is 6.11. The van der Waals surface area contributed by atoms with Gasteiger partial charge in [0, 0.05) is 16.3 Å². The molecule has 0 aliphatic carbocycles. The van der Waals surface area contributed by atoms with Crippen LogP contribution in [0.1, 0.15) is 32.3 Å². The molecule has 4 rings (SSSR count). The Kier molecular flexibility index (Phi) is 4.22. The van der Waals surface area contributed by atoms with E-state index in [4.69, 9.17) is 4.42 Å². The second-order valence-electron chi connectivity index (χ2n) is 7.66. The first-order valence-electron chi connectivity index (χ1n) is 9.37. The van der Waals surface area contributed by atoms with Crippen LogP contribution in [-0.4, -0.2) is 25.5 Å². The molecule has 150 valence electrons. The van der Waals surface area contributed by atoms with Crippen molar-refractivity contribution < 1.29 is 29.9 Å². The largest absolute Gasteiger partial charge is 0.504 e. The summed E-state index contributed by atoms with van der Waals surface area (Å²) in [5.41, 5.74) is 2.20. The summed E-state index contributed by atoms with van der Waals surface area (Å²) in [6, 6.07) is 11.1. The van der Waals surface area contributed by atoms with E-state index in [-0.39, 0.29) is 17.0 Å². The number of aromatic hydroxyl groups is 5. The molecule has 6 nitrogen and oxygen atoms in total. The van der Waals surface area contributed by atoms with Crippen LogP contribution >= 0.6 is 0 Å². The lowest BCUT2D eigenvalue weighted by Gasteiger charge is -2.15. The Morgan fingerprint density at radius 1 is 0.655 bits per heavy atom. The van der Waals surface area contributed by atoms with Gasteiger partial charge < -0.3 is 29.9 Å². The summed E-state index contributed by atoms with van der Waals surface area (Å²) in [4.78, 5) is 0. The predicted octanol–water partition coefficient (Wildman–Crippen LogP) is 5.54. The second kappa shape index (κ2) is 6.51. The number of hydrogen-bond acceptors (Lipinski definition) is 6. The fourth-order valence-electron chi connectivity index (χ4n) is 3.70. The first-order chi connectivity index (χ1) is 13.7. The lowest BCUT2D eigenvalue weighted by molar-refractivity contribution is 0.330. The number of furan rings is 1. The van der Waals surface area contributed by atoms with Gasteiger partial charge in [0.15, 0.2) is 11.5 Å². The van der Waals surface area contributed by atoms with Gasteiger partial charge in [-0.15, -0.1) is 0 Å². The van der Waals surface area contributed by atoms with E-state index in [1.807, 2.05) is 24.3 Å². The van der Waals surface area contributed by atoms with Crippen molar-refractivity contribution in [2.45, 2.75) is 26.7 Å². The molecule has 6 heteroatoms. The molecule has 1 unspecified atom stereocenters. The monoisotopic (exact) mass is 394 g/mol. The molecule has 5 N–H and O–H groups in total. The molecule has 0 aliphatic rings. The van der Waals surface area contributed by atoms with Crippen LogP contribution in [0, 0.1) is 5.92 Å². The zero-order valence-corrected chi connectivity index (χ0v) is 16.3. The smallest absolute Gasteiger partial charge is 0.208 e. The Hall–Kier alpha value is -3.54. The van der Waals surface area contributed by atoms with E-state index < -0.39 is 28.7 Å². The molecule has 0 fully saturated rings. The molecule has 1 heterocycles. The van der Waals surface area contributed by atoms with E-state index in [0.29, 0.717) is 17.1 Å². The molecule has 0 bridgehead atoms. The molecule has 0 saturated heterocycles. The van der Waals surface area contributed by atoms with Crippen LogP contribution in [-0.2, 0) is 0 Å². The molecular formula is C23H22O6. The van der Waals surface area contributed by atoms with Crippen LogP contribution in [0.3, 0.4) is 0 Å². The topological polar surface area (TPSA) is 114 Å². The molecular weight excluding hydrogens is 372 g/mol. The van der Waals surface area contributed by atoms with E-state index in [1.165, 1.54) is 0 Å². The fourth-order valence-corrected chi connectivity index (χ4v) is 3.70. The van der Waals surface area contributed by atoms with Crippen molar-refractivity contribution in [3.05, 3.63) is 42.0 Å². The first-order valence-corrected chi connectivity index (χ1v) is 9.37. The Morgan fingerprint density at radius 2 is 1.17 bits per heavy atom. The maximum Gasteiger partial charge on any atom is 0.208 e. The molecule has 29 heavy (non-hydrogen) atoms. The van der Waals surface area contributed by atoms with Gasteiger partial charge in [0.05, 0.1) is 5.56 Å². The third-order valence-corrected chi connectivity index (χ3v) is 5.69. The zero-order valence-electron chi connectivity index (χ0n) is 16.3. The van der Waals surface area contributed by atoms with Crippen LogP contribution in [0.4, 0.5) is 0 Å². The van der Waals surface area contributed by atoms with Crippen LogP contribution in [0.25, 0.3) is 33.1 Å². The van der Waals surface area contributed by atoms with Gasteiger partial charge in [0.25, 0.3) is 0 Å². The summed E-state index contributed by atoms with van der Waals surface area (Å²) < 4.78 is 6.21. The van der Waals surface area contributed by atoms with Crippen molar-refractivity contribution >= 4 is 21.9 Å². The van der Waals surface area contributed by atoms with E-state index in [0.717, 1.165) is 16.3 Å². The minimum absolute atomic E-state index is 0.221. The number of fused-ring (bicyclic) bond motifs is 3. The molecule has 0 amide bonds. The van der Waals surface area contributed by atoms with E-state index in [2.05, 4.69) is 20.8 Å². The van der Waals surface area contributed by atoms with Crippen molar-refractivity contribution in [2.24, 2.45) is 5.92 Å². The van der Waals surface area contributed by atoms with Gasteiger partial charge in [0.1, 0.15) is 11.2 Å². The van der Waals surface area contributed by atoms with Crippen molar-refractivity contribution in [2.75, 3.05) is 0 Å². The van der Waals surface area contributed by atoms with Gasteiger partial charge in [-0.05, 0) is 17.4 Å². The van der Waals surface area contributed by atoms with Crippen molar-refractivity contribution in [3.8, 4) is 39.9 Å². The average Bonchev–Trinajstić information content (AvgIpc) is 3.10. The third-order valence-electron chi connectivity index (χ3n) is 5.69. The SMILES string of the molecule is CC(C)C(C)c1cccc2c1oc1c(-c3c(O)c(O)c(O)c(O)c3O)cccc12. The zero-order chi connectivity index (χ0) is 21.0. The normalized spacial score (nSPS) is 12.8. The number of para-hydroxylation sites is 2. The molecule has 0 aliphatic heterocycles. The summed E-state index contributed by atoms with van der Waals surface area (Å²) in [5, 5.41) is 51.9. The predicted molar refractivity (Wildman–Crippen MR) is 111 cm³/mol. The van der Waals surface area contributed by atoms with Gasteiger partial charge in [-0.25, -0.2) is 0 Å². The summed E-state index contributed by atoms with van der Waals surface area (Å²) in [7, 11) is 0. The number of hydrogen-bond donors (Lipinski definition) is 5. The lowest BCUT2D eigenvalue weighted by Crippen LogP contribution is -2.01. The van der Waals surface area contributed by atoms with E-state index in [9.17, 15) is 25.5 Å². The number of benzene rings is 3. The Labute approximate surface area is 166 Å². The van der Waals surface area contributed by atoms with Crippen LogP contribution in [0.15, 0.2) is 40.8 Å². The van der Waals surface area contributed by atoms with Crippen LogP contribution in [0.2, 0.25) is 0 Å². The van der Waals surface area contributed by atoms with Gasteiger partial charge in [-0.2, -0.15) is 0 Å². The number of phenols is 5. The molecule has 4 aromatic rings. The van der Waals surface area contributed by atoms with E-state index in [1.54, 1.807) is 12.1 Å². The molecule has 0 saturated carbocycles. The molecule has 0 radical (unpaired) electrons. The summed E-state index contributed by atoms with van der Waals surface area (Å²) in [5.74, 6) is -3.69. The summed E-state index contributed by atoms with van der Waals surface area (Å²) in [6.07, 6.45) is 0. The minimum atomic E-state index is -0.992. The van der Waals surface area contributed by atoms with Gasteiger partial charge in [0.2, 0.25) is 17.2 Å². The number of rotatable bonds is 3. The van der Waals surface area contributed by atoms with Crippen LogP contribution in [0.5, 0.6) is 28.7 Å². The number of phenolic OH excluding ortho intramolecular Hbond substituents is 5. The minimum Gasteiger partial charge on any atom is -0.504 e. The maximum atomic E-state index is 10.4. The first kappa shape index (κ1) is 18.8. The van der Waals surface area contributed by atoms with Gasteiger partial charge >= 0.3 is 0 Å². The standard InChI is InChI=1S/C23H22O6/c1-10(2)11(3)12-6-4-7-13-14-8-5-9-15(23(14)29-22(12)13)16-17(24)19(26)21(28)20(27)18(16)25/h4-11,24-28H,1-3H3. The fraction of sp³-hybridized carbons (Fsp3) is 0.217. The van der Waals surface area contributed by atoms with Gasteiger partial charge in [-0.3, -0.25) is 0 Å². The Bertz CT molecular complexity index is 1220.